The van der Waals surface area contributed by atoms with Crippen LogP contribution in [0.3, 0.4) is 0 Å². The van der Waals surface area contributed by atoms with Crippen molar-refractivity contribution in [2.24, 2.45) is 0 Å². The molecule has 0 unspecified atom stereocenters. The second kappa shape index (κ2) is 6.87. The van der Waals surface area contributed by atoms with Crippen molar-refractivity contribution >= 4 is 46.7 Å². The van der Waals surface area contributed by atoms with E-state index in [1.807, 2.05) is 47.8 Å². The van der Waals surface area contributed by atoms with Gasteiger partial charge in [-0.05, 0) is 61.4 Å². The molecule has 0 atom stereocenters. The summed E-state index contributed by atoms with van der Waals surface area (Å²) < 4.78 is 0.238. The molecule has 0 heterocycles. The van der Waals surface area contributed by atoms with E-state index >= 15 is 0 Å². The molecule has 0 aromatic heterocycles. The van der Waals surface area contributed by atoms with Gasteiger partial charge in [-0.1, -0.05) is 36.0 Å². The molecule has 2 aromatic carbocycles. The van der Waals surface area contributed by atoms with Gasteiger partial charge in [-0.15, -0.1) is 23.5 Å². The molecule has 1 fully saturated rings. The van der Waals surface area contributed by atoms with Crippen LogP contribution in [0.2, 0.25) is 10.0 Å². The van der Waals surface area contributed by atoms with E-state index in [2.05, 4.69) is 24.3 Å². The highest BCUT2D eigenvalue weighted by Crippen LogP contribution is 2.55. The fourth-order valence-corrected chi connectivity index (χ4v) is 5.96. The summed E-state index contributed by atoms with van der Waals surface area (Å²) in [6, 6.07) is 16.4. The number of halogens is 2. The molecule has 0 radical (unpaired) electrons. The Morgan fingerprint density at radius 1 is 0.667 bits per heavy atom. The number of hydrogen-bond acceptors (Lipinski definition) is 2. The van der Waals surface area contributed by atoms with Crippen LogP contribution >= 0.6 is 46.7 Å². The van der Waals surface area contributed by atoms with Crippen molar-refractivity contribution in [1.29, 1.82) is 0 Å². The smallest absolute Gasteiger partial charge is 0.0705 e. The second-order valence-electron chi connectivity index (χ2n) is 5.23. The zero-order chi connectivity index (χ0) is 14.7. The van der Waals surface area contributed by atoms with E-state index in [9.17, 15) is 0 Å². The molecule has 0 nitrogen and oxygen atoms in total. The molecule has 0 amide bonds. The lowest BCUT2D eigenvalue weighted by atomic mass is 10.3. The van der Waals surface area contributed by atoms with E-state index in [0.29, 0.717) is 0 Å². The van der Waals surface area contributed by atoms with Crippen LogP contribution < -0.4 is 0 Å². The molecule has 4 heteroatoms. The number of rotatable bonds is 4. The van der Waals surface area contributed by atoms with E-state index in [1.54, 1.807) is 0 Å². The lowest BCUT2D eigenvalue weighted by Crippen LogP contribution is -2.14. The van der Waals surface area contributed by atoms with Crippen molar-refractivity contribution in [3.8, 4) is 0 Å². The second-order valence-corrected chi connectivity index (χ2v) is 9.28. The zero-order valence-corrected chi connectivity index (χ0v) is 14.7. The first-order chi connectivity index (χ1) is 10.2. The van der Waals surface area contributed by atoms with Crippen LogP contribution in [0.5, 0.6) is 0 Å². The van der Waals surface area contributed by atoms with E-state index in [-0.39, 0.29) is 4.08 Å². The van der Waals surface area contributed by atoms with Gasteiger partial charge in [0, 0.05) is 19.8 Å². The highest BCUT2D eigenvalue weighted by Gasteiger charge is 2.36. The Morgan fingerprint density at radius 2 is 1.05 bits per heavy atom. The number of hydrogen-bond donors (Lipinski definition) is 0. The minimum absolute atomic E-state index is 0.238. The first-order valence-electron chi connectivity index (χ1n) is 7.04. The Balaban J connectivity index is 1.79. The fraction of sp³-hybridized carbons (Fsp3) is 0.294. The average molecular weight is 355 g/mol. The summed E-state index contributed by atoms with van der Waals surface area (Å²) in [5.74, 6) is 0. The van der Waals surface area contributed by atoms with Crippen LogP contribution in [0.15, 0.2) is 58.3 Å². The molecule has 21 heavy (non-hydrogen) atoms. The highest BCUT2D eigenvalue weighted by atomic mass is 35.5. The molecule has 0 aliphatic heterocycles. The topological polar surface area (TPSA) is 0 Å². The summed E-state index contributed by atoms with van der Waals surface area (Å²) in [4.78, 5) is 2.59. The summed E-state index contributed by atoms with van der Waals surface area (Å²) in [5.41, 5.74) is 0. The van der Waals surface area contributed by atoms with Crippen LogP contribution in [0.25, 0.3) is 0 Å². The van der Waals surface area contributed by atoms with Gasteiger partial charge >= 0.3 is 0 Å². The molecule has 0 N–H and O–H groups in total. The standard InChI is InChI=1S/C17H16Cl2S2/c18-13-3-7-15(8-4-13)20-17(11-1-2-12-17)21-16-9-5-14(19)6-10-16/h3-10H,1-2,11-12H2. The summed E-state index contributed by atoms with van der Waals surface area (Å²) in [6.07, 6.45) is 5.10. The van der Waals surface area contributed by atoms with Gasteiger partial charge in [0.1, 0.15) is 0 Å². The minimum atomic E-state index is 0.238. The van der Waals surface area contributed by atoms with Gasteiger partial charge in [0.05, 0.1) is 4.08 Å². The largest absolute Gasteiger partial charge is 0.108 e. The predicted molar refractivity (Wildman–Crippen MR) is 95.8 cm³/mol. The Kier molecular flexibility index (Phi) is 5.11. The summed E-state index contributed by atoms with van der Waals surface area (Å²) in [7, 11) is 0. The minimum Gasteiger partial charge on any atom is -0.108 e. The van der Waals surface area contributed by atoms with Crippen LogP contribution in [-0.4, -0.2) is 4.08 Å². The van der Waals surface area contributed by atoms with Gasteiger partial charge in [-0.2, -0.15) is 0 Å². The van der Waals surface area contributed by atoms with Crippen molar-refractivity contribution in [3.63, 3.8) is 0 Å². The van der Waals surface area contributed by atoms with Crippen molar-refractivity contribution in [2.45, 2.75) is 39.6 Å². The Morgan fingerprint density at radius 3 is 1.43 bits per heavy atom. The first-order valence-corrected chi connectivity index (χ1v) is 9.43. The SMILES string of the molecule is Clc1ccc(SC2(Sc3ccc(Cl)cc3)CCCC2)cc1. The van der Waals surface area contributed by atoms with Crippen LogP contribution in [0, 0.1) is 0 Å². The summed E-state index contributed by atoms with van der Waals surface area (Å²) in [5, 5.41) is 1.59. The van der Waals surface area contributed by atoms with Crippen LogP contribution in [0.4, 0.5) is 0 Å². The molecule has 0 saturated heterocycles. The highest BCUT2D eigenvalue weighted by molar-refractivity contribution is 8.18. The molecule has 3 rings (SSSR count). The van der Waals surface area contributed by atoms with Gasteiger partial charge in [0.15, 0.2) is 0 Å². The summed E-state index contributed by atoms with van der Waals surface area (Å²) >= 11 is 15.9. The maximum absolute atomic E-state index is 5.98. The first kappa shape index (κ1) is 15.6. The normalized spacial score (nSPS) is 17.0. The third kappa shape index (κ3) is 4.13. The monoisotopic (exact) mass is 354 g/mol. The van der Waals surface area contributed by atoms with Crippen molar-refractivity contribution in [1.82, 2.24) is 0 Å². The summed E-state index contributed by atoms with van der Waals surface area (Å²) in [6.45, 7) is 0. The van der Waals surface area contributed by atoms with Crippen molar-refractivity contribution in [3.05, 3.63) is 58.6 Å². The average Bonchev–Trinajstić information content (AvgIpc) is 2.92. The molecule has 110 valence electrons. The Hall–Kier alpha value is -0.280. The molecule has 2 aromatic rings. The van der Waals surface area contributed by atoms with Gasteiger partial charge in [-0.25, -0.2) is 0 Å². The Bertz CT molecular complexity index is 538. The van der Waals surface area contributed by atoms with Crippen molar-refractivity contribution < 1.29 is 0 Å². The van der Waals surface area contributed by atoms with Crippen LogP contribution in [0.1, 0.15) is 25.7 Å². The third-order valence-corrected chi connectivity index (χ3v) is 7.18. The van der Waals surface area contributed by atoms with Gasteiger partial charge < -0.3 is 0 Å². The van der Waals surface area contributed by atoms with E-state index in [1.165, 1.54) is 35.5 Å². The molecule has 1 aliphatic rings. The maximum atomic E-state index is 5.98. The predicted octanol–water partition coefficient (Wildman–Crippen LogP) is 7.15. The van der Waals surface area contributed by atoms with Crippen LogP contribution in [-0.2, 0) is 0 Å². The molecular weight excluding hydrogens is 339 g/mol. The van der Waals surface area contributed by atoms with Crippen molar-refractivity contribution in [2.75, 3.05) is 0 Å². The number of benzene rings is 2. The lowest BCUT2D eigenvalue weighted by Gasteiger charge is -2.28. The fourth-order valence-electron chi connectivity index (χ4n) is 2.57. The van der Waals surface area contributed by atoms with Gasteiger partial charge in [-0.3, -0.25) is 0 Å². The molecule has 0 spiro atoms. The van der Waals surface area contributed by atoms with E-state index in [0.717, 1.165) is 10.0 Å². The molecule has 0 bridgehead atoms. The third-order valence-electron chi connectivity index (χ3n) is 3.60. The molecule has 1 saturated carbocycles. The van der Waals surface area contributed by atoms with Gasteiger partial charge in [0.2, 0.25) is 0 Å². The quantitative estimate of drug-likeness (QED) is 0.534. The molecule has 1 aliphatic carbocycles. The molecular formula is C17H16Cl2S2. The number of thioether (sulfide) groups is 2. The van der Waals surface area contributed by atoms with Gasteiger partial charge in [0.25, 0.3) is 0 Å². The van der Waals surface area contributed by atoms with E-state index in [4.69, 9.17) is 23.2 Å². The maximum Gasteiger partial charge on any atom is 0.0705 e. The zero-order valence-electron chi connectivity index (χ0n) is 11.5. The lowest BCUT2D eigenvalue weighted by molar-refractivity contribution is 0.841. The Labute approximate surface area is 144 Å². The van der Waals surface area contributed by atoms with E-state index < -0.39 is 0 Å².